The molecule has 4 heterocycles. The van der Waals surface area contributed by atoms with Crippen molar-refractivity contribution in [2.45, 2.75) is 86.0 Å². The van der Waals surface area contributed by atoms with E-state index in [1.54, 1.807) is 57.9 Å². The van der Waals surface area contributed by atoms with E-state index in [1.807, 2.05) is 36.8 Å². The summed E-state index contributed by atoms with van der Waals surface area (Å²) in [5.41, 5.74) is 17.8. The number of nitrogens with one attached hydrogen (secondary N) is 1. The molecule has 280 valence electrons. The van der Waals surface area contributed by atoms with E-state index in [4.69, 9.17) is 21.5 Å². The Morgan fingerprint density at radius 3 is 2.11 bits per heavy atom. The molecule has 5 N–H and O–H groups in total. The molecule has 0 saturated carbocycles. The number of allylic oxidation sites excluding steroid dienone is 1. The Bertz CT molecular complexity index is 2430. The molecule has 2 aromatic carbocycles. The van der Waals surface area contributed by atoms with Crippen LogP contribution in [0.3, 0.4) is 0 Å². The molecule has 15 heteroatoms. The van der Waals surface area contributed by atoms with E-state index >= 15 is 0 Å². The van der Waals surface area contributed by atoms with Crippen LogP contribution < -0.4 is 16.8 Å². The molecule has 0 atom stereocenters. The van der Waals surface area contributed by atoms with E-state index in [-0.39, 0.29) is 18.1 Å². The van der Waals surface area contributed by atoms with Gasteiger partial charge in [0.25, 0.3) is 5.91 Å². The van der Waals surface area contributed by atoms with Crippen molar-refractivity contribution in [2.24, 2.45) is 11.5 Å². The number of nitrogens with zero attached hydrogens (tertiary/aromatic N) is 8. The first kappa shape index (κ1) is 37.4. The number of imidazole rings is 2. The van der Waals surface area contributed by atoms with Crippen LogP contribution in [0, 0.1) is 13.8 Å². The quantitative estimate of drug-likeness (QED) is 0.0667. The topological polar surface area (TPSA) is 204 Å². The van der Waals surface area contributed by atoms with E-state index in [1.165, 1.54) is 0 Å². The molecule has 54 heavy (non-hydrogen) atoms. The summed E-state index contributed by atoms with van der Waals surface area (Å²) < 4.78 is 7.27. The molecule has 3 amide bonds. The highest BCUT2D eigenvalue weighted by atomic mass is 16.2. The Kier molecular flexibility index (Phi) is 10.9. The van der Waals surface area contributed by atoms with Gasteiger partial charge in [-0.15, -0.1) is 6.58 Å². The Balaban J connectivity index is 1.12. The Morgan fingerprint density at radius 1 is 0.815 bits per heavy atom. The summed E-state index contributed by atoms with van der Waals surface area (Å²) in [4.78, 5) is 60.3. The second kappa shape index (κ2) is 15.7. The molecule has 0 bridgehead atoms. The molecule has 15 nitrogen and oxygen atoms in total. The van der Waals surface area contributed by atoms with Crippen LogP contribution in [0.4, 0.5) is 5.95 Å². The largest absolute Gasteiger partial charge is 0.366 e. The number of benzene rings is 2. The number of primary amides is 2. The van der Waals surface area contributed by atoms with Crippen molar-refractivity contribution < 1.29 is 19.2 Å². The van der Waals surface area contributed by atoms with Crippen molar-refractivity contribution >= 4 is 51.5 Å². The number of ketones is 1. The number of aromatic nitrogens is 8. The molecular formula is C39H45N11O4. The van der Waals surface area contributed by atoms with Gasteiger partial charge in [0.1, 0.15) is 17.2 Å². The maximum Gasteiger partial charge on any atom is 0.276 e. The van der Waals surface area contributed by atoms with Gasteiger partial charge >= 0.3 is 0 Å². The second-order valence-electron chi connectivity index (χ2n) is 13.2. The molecule has 0 unspecified atom stereocenters. The Hall–Kier alpha value is -6.38. The number of carbonyl (C=O) groups is 4. The highest BCUT2D eigenvalue weighted by molar-refractivity contribution is 6.03. The van der Waals surface area contributed by atoms with Crippen LogP contribution in [-0.4, -0.2) is 62.2 Å². The molecular weight excluding hydrogens is 687 g/mol. The average molecular weight is 732 g/mol. The summed E-state index contributed by atoms with van der Waals surface area (Å²) in [5.74, 6) is -0.574. The molecule has 0 saturated heterocycles. The van der Waals surface area contributed by atoms with E-state index in [2.05, 4.69) is 22.0 Å². The number of aryl methyl sites for hydroxylation is 5. The minimum atomic E-state index is -0.547. The van der Waals surface area contributed by atoms with Gasteiger partial charge in [-0.25, -0.2) is 9.97 Å². The molecule has 0 spiro atoms. The van der Waals surface area contributed by atoms with Crippen LogP contribution >= 0.6 is 0 Å². The fourth-order valence-corrected chi connectivity index (χ4v) is 6.99. The van der Waals surface area contributed by atoms with E-state index < -0.39 is 11.8 Å². The van der Waals surface area contributed by atoms with Crippen LogP contribution in [0.15, 0.2) is 55.1 Å². The SMILES string of the molecule is C=CCn1c(CC(=O)c2c(CCCCCn3nc(C)cc3C(=O)Nc3nc4cc(C(N)=O)ccc4n3CC)c(C)nn2CC)nc2cc(C(N)=O)ccc21. The van der Waals surface area contributed by atoms with Gasteiger partial charge in [-0.1, -0.05) is 12.5 Å². The molecule has 6 aromatic rings. The van der Waals surface area contributed by atoms with Crippen LogP contribution in [0.5, 0.6) is 0 Å². The van der Waals surface area contributed by atoms with Crippen molar-refractivity contribution in [2.75, 3.05) is 5.32 Å². The number of hydrogen-bond donors (Lipinski definition) is 3. The van der Waals surface area contributed by atoms with Crippen LogP contribution in [0.25, 0.3) is 22.1 Å². The lowest BCUT2D eigenvalue weighted by Gasteiger charge is -2.10. The number of amides is 3. The minimum absolute atomic E-state index is 0.0546. The predicted octanol–water partition coefficient (Wildman–Crippen LogP) is 4.91. The monoisotopic (exact) mass is 731 g/mol. The third-order valence-electron chi connectivity index (χ3n) is 9.56. The van der Waals surface area contributed by atoms with Crippen molar-refractivity contribution in [3.05, 3.63) is 100 Å². The Morgan fingerprint density at radius 2 is 1.48 bits per heavy atom. The molecule has 0 aliphatic rings. The van der Waals surface area contributed by atoms with Gasteiger partial charge < -0.3 is 20.6 Å². The molecule has 0 aliphatic carbocycles. The standard InChI is InChI=1S/C39H45N11O4/c1-6-17-48-31-16-14-25(36(40)52)20-28(31)42-34(48)22-33(51)35-27(24(5)46-49(35)8-3)12-10-9-11-18-50-32(19-23(4)45-50)38(54)44-39-43-29-21-26(37(41)53)13-15-30(29)47(39)7-2/h6,13-16,19-21H,1,7-12,17-18,22H2,2-5H3,(H2,40,52)(H2,41,53)(H,43,44,54). The van der Waals surface area contributed by atoms with Crippen molar-refractivity contribution in [1.82, 2.24) is 38.7 Å². The number of rotatable bonds is 17. The number of anilines is 1. The highest BCUT2D eigenvalue weighted by Crippen LogP contribution is 2.24. The number of nitrogens with two attached hydrogens (primary N) is 2. The molecule has 0 radical (unpaired) electrons. The van der Waals surface area contributed by atoms with Gasteiger partial charge in [0, 0.05) is 42.9 Å². The number of fused-ring (bicyclic) bond motifs is 2. The molecule has 0 aliphatic heterocycles. The summed E-state index contributed by atoms with van der Waals surface area (Å²) in [6, 6.07) is 11.9. The lowest BCUT2D eigenvalue weighted by molar-refractivity contribution is 0.0974. The van der Waals surface area contributed by atoms with E-state index in [0.717, 1.165) is 47.2 Å². The summed E-state index contributed by atoms with van der Waals surface area (Å²) in [7, 11) is 0. The molecule has 6 rings (SSSR count). The summed E-state index contributed by atoms with van der Waals surface area (Å²) in [5, 5.41) is 12.2. The van der Waals surface area contributed by atoms with Gasteiger partial charge in [0.15, 0.2) is 5.78 Å². The third kappa shape index (κ3) is 7.42. The Labute approximate surface area is 312 Å². The van der Waals surface area contributed by atoms with E-state index in [9.17, 15) is 19.2 Å². The third-order valence-corrected chi connectivity index (χ3v) is 9.56. The highest BCUT2D eigenvalue weighted by Gasteiger charge is 2.24. The zero-order valence-corrected chi connectivity index (χ0v) is 31.1. The number of carbonyl (C=O) groups excluding carboxylic acids is 4. The lowest BCUT2D eigenvalue weighted by Crippen LogP contribution is -2.20. The van der Waals surface area contributed by atoms with Gasteiger partial charge in [-0.2, -0.15) is 10.2 Å². The number of Topliss-reactive ketones (excluding diaryl/α,β-unsaturated/α-hetero) is 1. The van der Waals surface area contributed by atoms with Crippen LogP contribution in [0.2, 0.25) is 0 Å². The maximum absolute atomic E-state index is 14.0. The normalized spacial score (nSPS) is 11.4. The van der Waals surface area contributed by atoms with Gasteiger partial charge in [0.05, 0.1) is 39.9 Å². The van der Waals surface area contributed by atoms with Crippen molar-refractivity contribution in [3.63, 3.8) is 0 Å². The van der Waals surface area contributed by atoms with E-state index in [0.29, 0.717) is 77.9 Å². The first-order chi connectivity index (χ1) is 25.9. The van der Waals surface area contributed by atoms with Gasteiger partial charge in [0.2, 0.25) is 17.8 Å². The van der Waals surface area contributed by atoms with Gasteiger partial charge in [-0.05, 0) is 89.4 Å². The minimum Gasteiger partial charge on any atom is -0.366 e. The lowest BCUT2D eigenvalue weighted by atomic mass is 10.0. The van der Waals surface area contributed by atoms with Crippen LogP contribution in [-0.2, 0) is 39.0 Å². The zero-order valence-electron chi connectivity index (χ0n) is 31.1. The summed E-state index contributed by atoms with van der Waals surface area (Å²) >= 11 is 0. The van der Waals surface area contributed by atoms with Gasteiger partial charge in [-0.3, -0.25) is 33.9 Å². The smallest absolute Gasteiger partial charge is 0.276 e. The molecule has 4 aromatic heterocycles. The van der Waals surface area contributed by atoms with Crippen LogP contribution in [0.1, 0.15) is 97.6 Å². The van der Waals surface area contributed by atoms with Crippen molar-refractivity contribution in [1.29, 1.82) is 0 Å². The molecule has 0 fully saturated rings. The fraction of sp³-hybridized carbons (Fsp3) is 0.333. The fourth-order valence-electron chi connectivity index (χ4n) is 6.99. The number of unbranched alkanes of at least 4 members (excludes halogenated alkanes) is 2. The maximum atomic E-state index is 14.0. The zero-order chi connectivity index (χ0) is 38.7. The summed E-state index contributed by atoms with van der Waals surface area (Å²) in [6.45, 7) is 13.6. The van der Waals surface area contributed by atoms with Crippen molar-refractivity contribution in [3.8, 4) is 0 Å². The predicted molar refractivity (Wildman–Crippen MR) is 206 cm³/mol. The summed E-state index contributed by atoms with van der Waals surface area (Å²) in [6.07, 6.45) is 4.85. The average Bonchev–Trinajstić information content (AvgIpc) is 3.88. The first-order valence-corrected chi connectivity index (χ1v) is 18.1. The first-order valence-electron chi connectivity index (χ1n) is 18.1. The number of hydrogen-bond acceptors (Lipinski definition) is 8. The second-order valence-corrected chi connectivity index (χ2v) is 13.2.